The second kappa shape index (κ2) is 17.5. The number of aliphatic hydroxyl groups excluding tert-OH is 1. The van der Waals surface area contributed by atoms with E-state index in [-0.39, 0.29) is 49.2 Å². The van der Waals surface area contributed by atoms with E-state index in [9.17, 15) is 23.1 Å². The van der Waals surface area contributed by atoms with Gasteiger partial charge in [0.15, 0.2) is 0 Å². The molecule has 0 saturated carbocycles. The van der Waals surface area contributed by atoms with Gasteiger partial charge in [-0.3, -0.25) is 14.9 Å². The summed E-state index contributed by atoms with van der Waals surface area (Å²) in [5.41, 5.74) is 7.01. The zero-order chi connectivity index (χ0) is 37.3. The lowest BCUT2D eigenvalue weighted by atomic mass is 9.85. The number of rotatable bonds is 17. The standard InChI is InChI=1S/C38H57N5O6S/c1-26(2)24-43(50(47,48)31-19-17-29(39)18-20-31)25-33(44)32(21-27-13-10-9-11-14-27)41-36(46)35(37(3,4)5)42-34(45)23-40-38(6,7)28-15-12-16-30(22-28)49-8/h9-17,19,22,26,32-33,35,40,44H,18,20-21,23-25,39H2,1-8H3,(H,41,46)(H,42,45)/t32-,33+,35+/m0/s1. The summed E-state index contributed by atoms with van der Waals surface area (Å²) in [5.74, 6) is -0.170. The average molecular weight is 712 g/mol. The van der Waals surface area contributed by atoms with Gasteiger partial charge in [0.05, 0.1) is 30.7 Å². The van der Waals surface area contributed by atoms with Crippen molar-refractivity contribution in [2.45, 2.75) is 91.5 Å². The van der Waals surface area contributed by atoms with Gasteiger partial charge >= 0.3 is 0 Å². The number of sulfonamides is 1. The number of methoxy groups -OCH3 is 1. The van der Waals surface area contributed by atoms with Crippen molar-refractivity contribution in [1.82, 2.24) is 20.3 Å². The Labute approximate surface area is 298 Å². The van der Waals surface area contributed by atoms with Crippen molar-refractivity contribution < 1.29 is 27.9 Å². The molecule has 0 fully saturated rings. The topological polar surface area (TPSA) is 163 Å². The Bertz CT molecular complexity index is 1620. The summed E-state index contributed by atoms with van der Waals surface area (Å²) in [6.45, 7) is 13.2. The largest absolute Gasteiger partial charge is 0.497 e. The number of nitrogens with two attached hydrogens (primary N) is 1. The number of hydrogen-bond donors (Lipinski definition) is 5. The molecule has 2 amide bonds. The summed E-state index contributed by atoms with van der Waals surface area (Å²) < 4.78 is 34.3. The molecular formula is C38H57N5O6S. The predicted octanol–water partition coefficient (Wildman–Crippen LogP) is 3.95. The molecule has 1 aliphatic carbocycles. The van der Waals surface area contributed by atoms with Crippen LogP contribution in [0, 0.1) is 11.3 Å². The third kappa shape index (κ3) is 11.7. The minimum absolute atomic E-state index is 0.0214. The smallest absolute Gasteiger partial charge is 0.243 e. The SMILES string of the molecule is COc1cccc(C(C)(C)NCC(=O)N[C@H](C(=O)N[C@@H](Cc2ccccc2)[C@H](O)CN(CC(C)C)S(=O)(=O)C2=CC=C(N)CC2)C(C)(C)C)c1. The van der Waals surface area contributed by atoms with Crippen LogP contribution >= 0.6 is 0 Å². The number of hydrogen-bond acceptors (Lipinski definition) is 8. The van der Waals surface area contributed by atoms with Crippen LogP contribution in [0.1, 0.15) is 72.4 Å². The number of aliphatic hydroxyl groups is 1. The zero-order valence-corrected chi connectivity index (χ0v) is 31.6. The molecule has 11 nitrogen and oxygen atoms in total. The molecule has 276 valence electrons. The van der Waals surface area contributed by atoms with E-state index in [4.69, 9.17) is 10.5 Å². The van der Waals surface area contributed by atoms with E-state index in [0.717, 1.165) is 11.1 Å². The van der Waals surface area contributed by atoms with Crippen LogP contribution in [0.5, 0.6) is 5.75 Å². The van der Waals surface area contributed by atoms with Gasteiger partial charge in [-0.15, -0.1) is 0 Å². The highest BCUT2D eigenvalue weighted by Gasteiger charge is 2.37. The second-order valence-corrected chi connectivity index (χ2v) is 17.0. The fourth-order valence-corrected chi connectivity index (χ4v) is 7.52. The maximum Gasteiger partial charge on any atom is 0.243 e. The van der Waals surface area contributed by atoms with Crippen LogP contribution in [0.15, 0.2) is 77.4 Å². The number of ether oxygens (including phenoxy) is 1. The molecule has 0 aromatic heterocycles. The zero-order valence-electron chi connectivity index (χ0n) is 30.8. The molecule has 2 aromatic rings. The van der Waals surface area contributed by atoms with E-state index in [1.807, 2.05) is 103 Å². The minimum Gasteiger partial charge on any atom is -0.497 e. The lowest BCUT2D eigenvalue weighted by Crippen LogP contribution is -2.59. The van der Waals surface area contributed by atoms with Gasteiger partial charge in [0.25, 0.3) is 0 Å². The average Bonchev–Trinajstić information content (AvgIpc) is 3.05. The predicted molar refractivity (Wildman–Crippen MR) is 198 cm³/mol. The first-order valence-electron chi connectivity index (χ1n) is 17.2. The van der Waals surface area contributed by atoms with Crippen molar-refractivity contribution in [2.24, 2.45) is 17.1 Å². The van der Waals surface area contributed by atoms with Crippen LogP contribution < -0.4 is 26.4 Å². The molecule has 50 heavy (non-hydrogen) atoms. The Balaban J connectivity index is 1.82. The molecule has 0 unspecified atom stereocenters. The lowest BCUT2D eigenvalue weighted by molar-refractivity contribution is -0.132. The molecule has 0 spiro atoms. The number of carbonyl (C=O) groups is 2. The van der Waals surface area contributed by atoms with Crippen molar-refractivity contribution in [1.29, 1.82) is 0 Å². The third-order valence-electron chi connectivity index (χ3n) is 8.78. The fourth-order valence-electron chi connectivity index (χ4n) is 5.75. The minimum atomic E-state index is -3.92. The van der Waals surface area contributed by atoms with E-state index in [2.05, 4.69) is 16.0 Å². The Morgan fingerprint density at radius 2 is 1.64 bits per heavy atom. The van der Waals surface area contributed by atoms with Gasteiger partial charge in [-0.05, 0) is 79.9 Å². The van der Waals surface area contributed by atoms with Gasteiger partial charge in [-0.25, -0.2) is 8.42 Å². The van der Waals surface area contributed by atoms with Crippen molar-refractivity contribution in [3.05, 3.63) is 88.5 Å². The molecule has 1 aliphatic rings. The summed E-state index contributed by atoms with van der Waals surface area (Å²) in [6.07, 6.45) is 2.82. The van der Waals surface area contributed by atoms with Gasteiger partial charge in [0, 0.05) is 24.3 Å². The van der Waals surface area contributed by atoms with E-state index in [1.165, 1.54) is 10.4 Å². The first-order valence-corrected chi connectivity index (χ1v) is 18.6. The highest BCUT2D eigenvalue weighted by atomic mass is 32.2. The molecule has 0 aliphatic heterocycles. The van der Waals surface area contributed by atoms with Gasteiger partial charge in [-0.1, -0.05) is 77.1 Å². The number of carbonyl (C=O) groups excluding carboxylic acids is 2. The van der Waals surface area contributed by atoms with Gasteiger partial charge in [0.2, 0.25) is 21.8 Å². The Kier molecular flexibility index (Phi) is 14.2. The van der Waals surface area contributed by atoms with Gasteiger partial charge in [0.1, 0.15) is 11.8 Å². The monoisotopic (exact) mass is 711 g/mol. The van der Waals surface area contributed by atoms with E-state index < -0.39 is 45.1 Å². The second-order valence-electron chi connectivity index (χ2n) is 15.0. The number of nitrogens with one attached hydrogen (secondary N) is 3. The van der Waals surface area contributed by atoms with E-state index >= 15 is 0 Å². The summed E-state index contributed by atoms with van der Waals surface area (Å²) in [4.78, 5) is 27.6. The molecule has 0 heterocycles. The Morgan fingerprint density at radius 3 is 2.22 bits per heavy atom. The molecule has 3 atom stereocenters. The molecule has 0 saturated heterocycles. The van der Waals surface area contributed by atoms with Crippen LogP contribution in [-0.4, -0.2) is 74.6 Å². The van der Waals surface area contributed by atoms with Gasteiger partial charge in [-0.2, -0.15) is 4.31 Å². The third-order valence-corrected chi connectivity index (χ3v) is 10.8. The quantitative estimate of drug-likeness (QED) is 0.165. The van der Waals surface area contributed by atoms with Crippen molar-refractivity contribution in [2.75, 3.05) is 26.7 Å². The number of allylic oxidation sites excluding steroid dienone is 4. The molecule has 0 bridgehead atoms. The number of benzene rings is 2. The van der Waals surface area contributed by atoms with Crippen molar-refractivity contribution in [3.63, 3.8) is 0 Å². The summed E-state index contributed by atoms with van der Waals surface area (Å²) >= 11 is 0. The maximum atomic E-state index is 14.0. The lowest BCUT2D eigenvalue weighted by Gasteiger charge is -2.35. The van der Waals surface area contributed by atoms with Crippen LogP contribution in [0.4, 0.5) is 0 Å². The maximum absolute atomic E-state index is 14.0. The first-order chi connectivity index (χ1) is 23.3. The summed E-state index contributed by atoms with van der Waals surface area (Å²) in [6, 6.07) is 15.1. The first kappa shape index (κ1) is 40.7. The Morgan fingerprint density at radius 1 is 0.960 bits per heavy atom. The molecule has 2 aromatic carbocycles. The molecule has 0 radical (unpaired) electrons. The van der Waals surface area contributed by atoms with Crippen LogP contribution in [-0.2, 0) is 31.6 Å². The molecule has 3 rings (SSSR count). The van der Waals surface area contributed by atoms with Crippen LogP contribution in [0.2, 0.25) is 0 Å². The Hall–Kier alpha value is -3.71. The summed E-state index contributed by atoms with van der Waals surface area (Å²) in [7, 11) is -2.32. The molecule has 6 N–H and O–H groups in total. The molecule has 12 heteroatoms. The van der Waals surface area contributed by atoms with Crippen LogP contribution in [0.25, 0.3) is 0 Å². The highest BCUT2D eigenvalue weighted by Crippen LogP contribution is 2.26. The molecular weight excluding hydrogens is 655 g/mol. The normalized spacial score (nSPS) is 15.9. The van der Waals surface area contributed by atoms with E-state index in [1.54, 1.807) is 13.2 Å². The fraction of sp³-hybridized carbons (Fsp3) is 0.526. The van der Waals surface area contributed by atoms with Crippen molar-refractivity contribution in [3.8, 4) is 5.75 Å². The van der Waals surface area contributed by atoms with Gasteiger partial charge < -0.3 is 26.2 Å². The van der Waals surface area contributed by atoms with E-state index in [0.29, 0.717) is 17.9 Å². The van der Waals surface area contributed by atoms with Crippen LogP contribution in [0.3, 0.4) is 0 Å². The number of nitrogens with zero attached hydrogens (tertiary/aromatic N) is 1. The highest BCUT2D eigenvalue weighted by molar-refractivity contribution is 7.93. The van der Waals surface area contributed by atoms with Crippen molar-refractivity contribution >= 4 is 21.8 Å². The number of amides is 2. The summed E-state index contributed by atoms with van der Waals surface area (Å²) in [5, 5.41) is 20.9.